The molecule has 0 saturated heterocycles. The number of carbonyl (C=O) groups excluding carboxylic acids is 1. The molecule has 7 heteroatoms. The Morgan fingerprint density at radius 3 is 2.24 bits per heavy atom. The summed E-state index contributed by atoms with van der Waals surface area (Å²) < 4.78 is 30.6. The van der Waals surface area contributed by atoms with Gasteiger partial charge in [0.15, 0.2) is 11.5 Å². The highest BCUT2D eigenvalue weighted by molar-refractivity contribution is 6.30. The van der Waals surface area contributed by atoms with Crippen molar-refractivity contribution in [3.05, 3.63) is 82.6 Å². The summed E-state index contributed by atoms with van der Waals surface area (Å²) in [7, 11) is 2.93. The van der Waals surface area contributed by atoms with Crippen LogP contribution in [0.2, 0.25) is 5.02 Å². The van der Waals surface area contributed by atoms with Crippen molar-refractivity contribution in [2.75, 3.05) is 19.5 Å². The average molecular weight is 416 g/mol. The molecule has 0 spiro atoms. The van der Waals surface area contributed by atoms with Crippen LogP contribution in [0.3, 0.4) is 0 Å². The molecule has 1 amide bonds. The SMILES string of the molecule is COc1cc(C(=O)Nc2ccc(Cl)cc2F)cc(OC)c1OCc1ccccc1. The van der Waals surface area contributed by atoms with Gasteiger partial charge in [-0.2, -0.15) is 0 Å². The lowest BCUT2D eigenvalue weighted by Crippen LogP contribution is -2.14. The predicted molar refractivity (Wildman–Crippen MR) is 110 cm³/mol. The van der Waals surface area contributed by atoms with E-state index in [1.165, 1.54) is 38.5 Å². The van der Waals surface area contributed by atoms with Gasteiger partial charge in [-0.3, -0.25) is 4.79 Å². The van der Waals surface area contributed by atoms with Crippen molar-refractivity contribution >= 4 is 23.2 Å². The lowest BCUT2D eigenvalue weighted by molar-refractivity contribution is 0.102. The zero-order valence-electron chi connectivity index (χ0n) is 15.9. The Balaban J connectivity index is 1.85. The van der Waals surface area contributed by atoms with Crippen molar-refractivity contribution < 1.29 is 23.4 Å². The van der Waals surface area contributed by atoms with E-state index in [-0.39, 0.29) is 16.3 Å². The summed E-state index contributed by atoms with van der Waals surface area (Å²) in [6, 6.07) is 16.6. The number of benzene rings is 3. The molecular weight excluding hydrogens is 397 g/mol. The molecule has 0 aliphatic heterocycles. The molecule has 0 aromatic heterocycles. The Labute approximate surface area is 173 Å². The summed E-state index contributed by atoms with van der Waals surface area (Å²) >= 11 is 5.74. The van der Waals surface area contributed by atoms with Crippen LogP contribution in [0, 0.1) is 5.82 Å². The van der Waals surface area contributed by atoms with Gasteiger partial charge in [0.05, 0.1) is 19.9 Å². The summed E-state index contributed by atoms with van der Waals surface area (Å²) in [5, 5.41) is 2.75. The Bertz CT molecular complexity index is 986. The molecule has 5 nitrogen and oxygen atoms in total. The summed E-state index contributed by atoms with van der Waals surface area (Å²) in [4.78, 5) is 12.6. The Kier molecular flexibility index (Phi) is 6.57. The highest BCUT2D eigenvalue weighted by Gasteiger charge is 2.19. The number of hydrogen-bond acceptors (Lipinski definition) is 4. The lowest BCUT2D eigenvalue weighted by Gasteiger charge is -2.16. The summed E-state index contributed by atoms with van der Waals surface area (Å²) in [5.41, 5.74) is 1.21. The van der Waals surface area contributed by atoms with Gasteiger partial charge in [0.1, 0.15) is 12.4 Å². The van der Waals surface area contributed by atoms with Crippen molar-refractivity contribution in [1.82, 2.24) is 0 Å². The van der Waals surface area contributed by atoms with E-state index < -0.39 is 11.7 Å². The Morgan fingerprint density at radius 2 is 1.66 bits per heavy atom. The monoisotopic (exact) mass is 415 g/mol. The summed E-state index contributed by atoms with van der Waals surface area (Å²) in [6.45, 7) is 0.301. The van der Waals surface area contributed by atoms with E-state index in [1.54, 1.807) is 0 Å². The summed E-state index contributed by atoms with van der Waals surface area (Å²) in [5.74, 6) is -0.151. The van der Waals surface area contributed by atoms with Gasteiger partial charge in [-0.25, -0.2) is 4.39 Å². The number of ether oxygens (including phenoxy) is 3. The minimum atomic E-state index is -0.632. The molecule has 0 saturated carbocycles. The topological polar surface area (TPSA) is 56.8 Å². The highest BCUT2D eigenvalue weighted by atomic mass is 35.5. The van der Waals surface area contributed by atoms with Gasteiger partial charge in [-0.1, -0.05) is 41.9 Å². The Hall–Kier alpha value is -3.25. The molecule has 1 N–H and O–H groups in total. The molecule has 3 aromatic rings. The van der Waals surface area contributed by atoms with Gasteiger partial charge in [-0.05, 0) is 35.9 Å². The first kappa shape index (κ1) is 20.5. The first-order chi connectivity index (χ1) is 14.0. The van der Waals surface area contributed by atoms with Crippen molar-refractivity contribution in [2.45, 2.75) is 6.61 Å². The smallest absolute Gasteiger partial charge is 0.256 e. The molecular formula is C22H19ClFNO4. The minimum Gasteiger partial charge on any atom is -0.493 e. The number of amides is 1. The van der Waals surface area contributed by atoms with E-state index in [0.717, 1.165) is 11.6 Å². The van der Waals surface area contributed by atoms with Gasteiger partial charge in [0.2, 0.25) is 5.75 Å². The van der Waals surface area contributed by atoms with E-state index in [4.69, 9.17) is 25.8 Å². The molecule has 0 fully saturated rings. The standard InChI is InChI=1S/C22H19ClFNO4/c1-27-19-10-15(22(26)25-18-9-8-16(23)12-17(18)24)11-20(28-2)21(19)29-13-14-6-4-3-5-7-14/h3-12H,13H2,1-2H3,(H,25,26). The second kappa shape index (κ2) is 9.30. The molecule has 3 aromatic carbocycles. The zero-order chi connectivity index (χ0) is 20.8. The van der Waals surface area contributed by atoms with Crippen LogP contribution in [-0.2, 0) is 6.61 Å². The van der Waals surface area contributed by atoms with Crippen LogP contribution >= 0.6 is 11.6 Å². The number of halogens is 2. The third-order valence-electron chi connectivity index (χ3n) is 4.13. The van der Waals surface area contributed by atoms with Crippen molar-refractivity contribution in [2.24, 2.45) is 0 Å². The fourth-order valence-electron chi connectivity index (χ4n) is 2.67. The maximum absolute atomic E-state index is 14.0. The molecule has 0 unspecified atom stereocenters. The molecule has 150 valence electrons. The molecule has 0 atom stereocenters. The quantitative estimate of drug-likeness (QED) is 0.566. The molecule has 0 aliphatic rings. The van der Waals surface area contributed by atoms with Crippen LogP contribution in [0.15, 0.2) is 60.7 Å². The van der Waals surface area contributed by atoms with E-state index >= 15 is 0 Å². The van der Waals surface area contributed by atoms with Crippen LogP contribution < -0.4 is 19.5 Å². The van der Waals surface area contributed by atoms with Gasteiger partial charge in [0, 0.05) is 10.6 Å². The number of carbonyl (C=O) groups is 1. The molecule has 3 rings (SSSR count). The molecule has 0 radical (unpaired) electrons. The number of methoxy groups -OCH3 is 2. The fraction of sp³-hybridized carbons (Fsp3) is 0.136. The van der Waals surface area contributed by atoms with Crippen molar-refractivity contribution in [1.29, 1.82) is 0 Å². The number of rotatable bonds is 7. The summed E-state index contributed by atoms with van der Waals surface area (Å²) in [6.07, 6.45) is 0. The lowest BCUT2D eigenvalue weighted by atomic mass is 10.1. The van der Waals surface area contributed by atoms with Crippen LogP contribution in [-0.4, -0.2) is 20.1 Å². The van der Waals surface area contributed by atoms with E-state index in [2.05, 4.69) is 5.32 Å². The number of nitrogens with one attached hydrogen (secondary N) is 1. The van der Waals surface area contributed by atoms with Crippen molar-refractivity contribution in [3.63, 3.8) is 0 Å². The first-order valence-electron chi connectivity index (χ1n) is 8.71. The predicted octanol–water partition coefficient (Wildman–Crippen LogP) is 5.33. The van der Waals surface area contributed by atoms with Crippen LogP contribution in [0.4, 0.5) is 10.1 Å². The maximum Gasteiger partial charge on any atom is 0.256 e. The van der Waals surface area contributed by atoms with E-state index in [1.807, 2.05) is 30.3 Å². The number of anilines is 1. The van der Waals surface area contributed by atoms with Crippen LogP contribution in [0.5, 0.6) is 17.2 Å². The zero-order valence-corrected chi connectivity index (χ0v) is 16.6. The minimum absolute atomic E-state index is 0.0155. The highest BCUT2D eigenvalue weighted by Crippen LogP contribution is 2.39. The molecule has 0 heterocycles. The Morgan fingerprint density at radius 1 is 1.00 bits per heavy atom. The van der Waals surface area contributed by atoms with Gasteiger partial charge < -0.3 is 19.5 Å². The van der Waals surface area contributed by atoms with Crippen LogP contribution in [0.25, 0.3) is 0 Å². The van der Waals surface area contributed by atoms with E-state index in [0.29, 0.717) is 23.9 Å². The van der Waals surface area contributed by atoms with E-state index in [9.17, 15) is 9.18 Å². The molecule has 0 aliphatic carbocycles. The average Bonchev–Trinajstić information content (AvgIpc) is 2.74. The van der Waals surface area contributed by atoms with Gasteiger partial charge in [0.25, 0.3) is 5.91 Å². The second-order valence-electron chi connectivity index (χ2n) is 6.06. The van der Waals surface area contributed by atoms with Gasteiger partial charge >= 0.3 is 0 Å². The first-order valence-corrected chi connectivity index (χ1v) is 9.08. The van der Waals surface area contributed by atoms with Gasteiger partial charge in [-0.15, -0.1) is 0 Å². The third-order valence-corrected chi connectivity index (χ3v) is 4.36. The largest absolute Gasteiger partial charge is 0.493 e. The van der Waals surface area contributed by atoms with Crippen LogP contribution in [0.1, 0.15) is 15.9 Å². The second-order valence-corrected chi connectivity index (χ2v) is 6.50. The normalized spacial score (nSPS) is 10.3. The number of hydrogen-bond donors (Lipinski definition) is 1. The maximum atomic E-state index is 14.0. The third kappa shape index (κ3) is 4.97. The molecule has 29 heavy (non-hydrogen) atoms. The fourth-order valence-corrected chi connectivity index (χ4v) is 2.83. The van der Waals surface area contributed by atoms with Crippen molar-refractivity contribution in [3.8, 4) is 17.2 Å². The molecule has 0 bridgehead atoms.